The van der Waals surface area contributed by atoms with Crippen molar-refractivity contribution in [3.8, 4) is 22.9 Å². The topological polar surface area (TPSA) is 184 Å². The van der Waals surface area contributed by atoms with Gasteiger partial charge in [-0.15, -0.1) is 4.68 Å². The molecule has 1 aromatic carbocycles. The van der Waals surface area contributed by atoms with Crippen LogP contribution in [-0.2, 0) is 14.2 Å². The number of nitriles is 1. The molecule has 0 spiro atoms. The lowest BCUT2D eigenvalue weighted by Gasteiger charge is -2.43. The van der Waals surface area contributed by atoms with E-state index in [0.29, 0.717) is 66.0 Å². The summed E-state index contributed by atoms with van der Waals surface area (Å²) in [5, 5.41) is 17.7. The number of morpholine rings is 1. The number of rotatable bonds is 15. The Balaban J connectivity index is 1.15. The smallest absolute Gasteiger partial charge is 0.254 e. The predicted octanol–water partition coefficient (Wildman–Crippen LogP) is 2.99. The minimum Gasteiger partial charge on any atom is -0.485 e. The molecule has 1 aromatic heterocycles. The first-order chi connectivity index (χ1) is 25.8. The molecule has 286 valence electrons. The van der Waals surface area contributed by atoms with E-state index in [9.17, 15) is 5.26 Å². The summed E-state index contributed by atoms with van der Waals surface area (Å²) in [6.45, 7) is 6.14. The number of nitrogens with two attached hydrogens (primary N) is 2. The van der Waals surface area contributed by atoms with Gasteiger partial charge in [-0.1, -0.05) is 6.07 Å². The van der Waals surface area contributed by atoms with Crippen LogP contribution in [0.3, 0.4) is 0 Å². The highest BCUT2D eigenvalue weighted by molar-refractivity contribution is 5.83. The lowest BCUT2D eigenvalue weighted by atomic mass is 9.89. The summed E-state index contributed by atoms with van der Waals surface area (Å²) >= 11 is 0. The van der Waals surface area contributed by atoms with E-state index in [1.165, 1.54) is 24.3 Å². The molecule has 6 N–H and O–H groups in total. The standard InChI is InChI=1S/C38H55N11O4/c1-26(21-48(25-40)47(3)41)53-36-16-28(4-5-29(36)17-39)30-18-44-38(45-19-30)46-35(37(42-2)52-22-27-12-14-50-15-13-27)20-43-31-6-8-32(9-7-31)49-33-10-11-34(49)24-51-23-33/h4-5,16,18-20,25-27,31-34,40H,6-15,21-24,41H2,1-3H3,(H2,42,43,44,45,46)/p+1/t26-,31?,32?,33-,34+/m0/s1. The van der Waals surface area contributed by atoms with Gasteiger partial charge in [0.2, 0.25) is 11.8 Å². The van der Waals surface area contributed by atoms with Crippen molar-refractivity contribution in [3.05, 3.63) is 47.7 Å². The van der Waals surface area contributed by atoms with Gasteiger partial charge in [0.15, 0.2) is 0 Å². The number of anilines is 1. The molecule has 0 amide bonds. The Morgan fingerprint density at radius 2 is 1.77 bits per heavy atom. The number of nitrogens with zero attached hydrogens (tertiary/aromatic N) is 7. The van der Waals surface area contributed by atoms with Crippen molar-refractivity contribution in [1.82, 2.24) is 25.3 Å². The molecule has 4 aliphatic rings. The molecule has 1 aliphatic carbocycles. The van der Waals surface area contributed by atoms with Crippen molar-refractivity contribution in [2.75, 3.05) is 59.0 Å². The molecule has 2 bridgehead atoms. The van der Waals surface area contributed by atoms with Crippen LogP contribution in [0, 0.1) is 17.2 Å². The number of aromatic nitrogens is 2. The van der Waals surface area contributed by atoms with Gasteiger partial charge >= 0.3 is 0 Å². The Kier molecular flexibility index (Phi) is 13.4. The van der Waals surface area contributed by atoms with Crippen molar-refractivity contribution in [3.63, 3.8) is 0 Å². The molecule has 0 unspecified atom stereocenters. The Morgan fingerprint density at radius 1 is 1.08 bits per heavy atom. The number of fused-ring (bicyclic) bond motifs is 2. The van der Waals surface area contributed by atoms with Crippen molar-refractivity contribution in [2.24, 2.45) is 22.5 Å². The van der Waals surface area contributed by atoms with Crippen LogP contribution in [0.1, 0.15) is 63.9 Å². The van der Waals surface area contributed by atoms with Crippen LogP contribution in [-0.4, -0.2) is 121 Å². The van der Waals surface area contributed by atoms with Gasteiger partial charge < -0.3 is 29.6 Å². The maximum absolute atomic E-state index is 9.75. The third-order valence-electron chi connectivity index (χ3n) is 10.8. The molecular weight excluding hydrogens is 674 g/mol. The minimum atomic E-state index is -0.317. The van der Waals surface area contributed by atoms with Gasteiger partial charge in [-0.25, -0.2) is 15.8 Å². The third-order valence-corrected chi connectivity index (χ3v) is 10.8. The van der Waals surface area contributed by atoms with Crippen LogP contribution >= 0.6 is 0 Å². The van der Waals surface area contributed by atoms with E-state index in [1.54, 1.807) is 30.2 Å². The fourth-order valence-electron chi connectivity index (χ4n) is 7.85. The predicted molar refractivity (Wildman–Crippen MR) is 203 cm³/mol. The van der Waals surface area contributed by atoms with Crippen molar-refractivity contribution in [2.45, 2.75) is 88.6 Å². The van der Waals surface area contributed by atoms with Crippen LogP contribution in [0.5, 0.6) is 5.75 Å². The Morgan fingerprint density at radius 3 is 2.42 bits per heavy atom. The molecule has 3 atom stereocenters. The van der Waals surface area contributed by atoms with Crippen molar-refractivity contribution >= 4 is 18.5 Å². The van der Waals surface area contributed by atoms with Crippen LogP contribution in [0.4, 0.5) is 5.95 Å². The van der Waals surface area contributed by atoms with Gasteiger partial charge in [0.25, 0.3) is 6.34 Å². The largest absolute Gasteiger partial charge is 0.485 e. The Hall–Kier alpha value is -4.49. The number of hydrazine groups is 2. The molecule has 15 nitrogen and oxygen atoms in total. The molecular formula is C38H56N11O4+. The molecule has 3 aliphatic heterocycles. The second-order valence-electron chi connectivity index (χ2n) is 14.5. The average molecular weight is 731 g/mol. The van der Waals surface area contributed by atoms with E-state index >= 15 is 0 Å². The van der Waals surface area contributed by atoms with Crippen molar-refractivity contribution < 1.29 is 23.6 Å². The summed E-state index contributed by atoms with van der Waals surface area (Å²) in [6, 6.07) is 9.65. The zero-order chi connectivity index (χ0) is 37.2. The maximum atomic E-state index is 9.75. The molecule has 15 heteroatoms. The number of hydrogen-bond acceptors (Lipinski definition) is 13. The number of ether oxygens (including phenoxy) is 4. The average Bonchev–Trinajstić information content (AvgIpc) is 3.43. The summed E-state index contributed by atoms with van der Waals surface area (Å²) in [5.41, 5.74) is 8.37. The quantitative estimate of drug-likeness (QED) is 0.0524. The molecule has 1 saturated carbocycles. The van der Waals surface area contributed by atoms with Gasteiger partial charge in [-0.2, -0.15) is 10.4 Å². The van der Waals surface area contributed by atoms with Crippen LogP contribution in [0.15, 0.2) is 47.2 Å². The van der Waals surface area contributed by atoms with E-state index in [-0.39, 0.29) is 12.1 Å². The van der Waals surface area contributed by atoms with Gasteiger partial charge in [0.05, 0.1) is 44.7 Å². The number of nitrogens with one attached hydrogen (secondary N) is 2. The second kappa shape index (κ2) is 18.5. The summed E-state index contributed by atoms with van der Waals surface area (Å²) < 4.78 is 25.5. The van der Waals surface area contributed by atoms with E-state index < -0.39 is 0 Å². The van der Waals surface area contributed by atoms with Gasteiger partial charge in [-0.3, -0.25) is 15.6 Å². The fraction of sp³-hybridized carbons (Fsp3) is 0.605. The lowest BCUT2D eigenvalue weighted by Crippen LogP contribution is -2.52. The molecule has 3 saturated heterocycles. The van der Waals surface area contributed by atoms with Crippen LogP contribution in [0.2, 0.25) is 0 Å². The van der Waals surface area contributed by atoms with Gasteiger partial charge in [0.1, 0.15) is 30.2 Å². The monoisotopic (exact) mass is 730 g/mol. The molecule has 4 heterocycles. The van der Waals surface area contributed by atoms with Gasteiger partial charge in [0, 0.05) is 56.3 Å². The van der Waals surface area contributed by atoms with Crippen molar-refractivity contribution in [1.29, 1.82) is 5.26 Å². The first kappa shape index (κ1) is 38.2. The van der Waals surface area contributed by atoms with Crippen LogP contribution < -0.4 is 26.9 Å². The molecule has 2 aromatic rings. The highest BCUT2D eigenvalue weighted by Crippen LogP contribution is 2.36. The first-order valence-electron chi connectivity index (χ1n) is 19.0. The summed E-state index contributed by atoms with van der Waals surface area (Å²) in [5.74, 6) is 7.72. The SMILES string of the molecule is CN/C(OCC1CCOCC1)=C(\C=NC1CCC(N2[C@@H]3CC[C@H]2COC3)CC1)Nc1ncc(-c2ccc(C#N)c(O[C@@H](C)C/[N+](=C/N)N(C)N)c2)cn1. The summed E-state index contributed by atoms with van der Waals surface area (Å²) in [4.78, 5) is 17.2. The highest BCUT2D eigenvalue weighted by Gasteiger charge is 2.42. The molecule has 4 fully saturated rings. The van der Waals surface area contributed by atoms with E-state index in [1.807, 2.05) is 32.3 Å². The summed E-state index contributed by atoms with van der Waals surface area (Å²) in [6.07, 6.45) is 15.3. The first-order valence-corrected chi connectivity index (χ1v) is 19.0. The molecule has 0 radical (unpaired) electrons. The van der Waals surface area contributed by atoms with E-state index in [0.717, 1.165) is 76.1 Å². The van der Waals surface area contributed by atoms with Crippen LogP contribution in [0.25, 0.3) is 11.1 Å². The maximum Gasteiger partial charge on any atom is 0.254 e. The lowest BCUT2D eigenvalue weighted by molar-refractivity contribution is -0.688. The molecule has 53 heavy (non-hydrogen) atoms. The number of benzene rings is 1. The minimum absolute atomic E-state index is 0.238. The number of allylic oxidation sites excluding steroid dienone is 1. The number of hydrazone groups is 1. The normalized spacial score (nSPS) is 25.0. The highest BCUT2D eigenvalue weighted by atomic mass is 16.5. The Bertz CT molecular complexity index is 1610. The number of aliphatic imine (C=N–C) groups is 1. The molecule has 6 rings (SSSR count). The second-order valence-corrected chi connectivity index (χ2v) is 14.5. The van der Waals surface area contributed by atoms with E-state index in [2.05, 4.69) is 31.6 Å². The van der Waals surface area contributed by atoms with E-state index in [4.69, 9.17) is 35.5 Å². The zero-order valence-corrected chi connectivity index (χ0v) is 31.3. The fourth-order valence-corrected chi connectivity index (χ4v) is 7.85. The number of hydrogen-bond donors (Lipinski definition) is 4. The zero-order valence-electron chi connectivity index (χ0n) is 31.3. The van der Waals surface area contributed by atoms with Gasteiger partial charge in [-0.05, 0) is 81.9 Å². The third kappa shape index (κ3) is 9.94. The Labute approximate surface area is 313 Å². The summed E-state index contributed by atoms with van der Waals surface area (Å²) in [7, 11) is 3.54.